The predicted octanol–water partition coefficient (Wildman–Crippen LogP) is 2.07. The zero-order valence-corrected chi connectivity index (χ0v) is 16.1. The van der Waals surface area contributed by atoms with Crippen molar-refractivity contribution < 1.29 is 18.7 Å². The van der Waals surface area contributed by atoms with E-state index in [4.69, 9.17) is 15.2 Å². The highest BCUT2D eigenvalue weighted by molar-refractivity contribution is 5.70. The van der Waals surface area contributed by atoms with Gasteiger partial charge in [0.2, 0.25) is 5.95 Å². The van der Waals surface area contributed by atoms with Crippen LogP contribution in [0.25, 0.3) is 0 Å². The monoisotopic (exact) mass is 378 g/mol. The molecule has 2 N–H and O–H groups in total. The van der Waals surface area contributed by atoms with Crippen molar-refractivity contribution in [1.82, 2.24) is 9.88 Å². The van der Waals surface area contributed by atoms with Gasteiger partial charge in [-0.05, 0) is 40.0 Å². The first-order chi connectivity index (χ1) is 12.7. The van der Waals surface area contributed by atoms with Gasteiger partial charge in [0.15, 0.2) is 0 Å². The summed E-state index contributed by atoms with van der Waals surface area (Å²) >= 11 is 0. The molecule has 0 radical (unpaired) electrons. The normalized spacial score (nSPS) is 27.2. The maximum Gasteiger partial charge on any atom is 0.410 e. The number of pyridine rings is 1. The molecule has 7 nitrogen and oxygen atoms in total. The van der Waals surface area contributed by atoms with E-state index in [1.54, 1.807) is 6.07 Å². The summed E-state index contributed by atoms with van der Waals surface area (Å²) in [4.78, 5) is 20.6. The molecule has 0 aromatic carbocycles. The van der Waals surface area contributed by atoms with Gasteiger partial charge in [-0.15, -0.1) is 0 Å². The SMILES string of the molecule is CC(C)(C)OC(=O)N1C2CCC1CN(c1cc3c(c(F)n1)CC(N)CO3)C2. The number of rotatable bonds is 1. The van der Waals surface area contributed by atoms with Crippen LogP contribution in [0.3, 0.4) is 0 Å². The summed E-state index contributed by atoms with van der Waals surface area (Å²) < 4.78 is 25.7. The molecule has 2 bridgehead atoms. The van der Waals surface area contributed by atoms with Crippen LogP contribution in [0.2, 0.25) is 0 Å². The first-order valence-corrected chi connectivity index (χ1v) is 9.55. The lowest BCUT2D eigenvalue weighted by atomic mass is 10.0. The van der Waals surface area contributed by atoms with Gasteiger partial charge < -0.3 is 20.1 Å². The third kappa shape index (κ3) is 3.54. The fraction of sp³-hybridized carbons (Fsp3) is 0.684. The molecule has 4 rings (SSSR count). The smallest absolute Gasteiger partial charge is 0.410 e. The van der Waals surface area contributed by atoms with E-state index < -0.39 is 11.5 Å². The molecule has 4 heterocycles. The molecule has 0 aliphatic carbocycles. The van der Waals surface area contributed by atoms with E-state index in [0.717, 1.165) is 12.8 Å². The number of nitrogens with zero attached hydrogens (tertiary/aromatic N) is 3. The number of aromatic nitrogens is 1. The number of nitrogens with two attached hydrogens (primary N) is 1. The fourth-order valence-corrected chi connectivity index (χ4v) is 4.20. The Morgan fingerprint density at radius 1 is 1.33 bits per heavy atom. The predicted molar refractivity (Wildman–Crippen MR) is 98.5 cm³/mol. The van der Waals surface area contributed by atoms with Crippen molar-refractivity contribution in [2.75, 3.05) is 24.6 Å². The molecule has 3 unspecified atom stereocenters. The second kappa shape index (κ2) is 6.51. The third-order valence-corrected chi connectivity index (χ3v) is 5.35. The van der Waals surface area contributed by atoms with Crippen LogP contribution in [0.4, 0.5) is 15.0 Å². The van der Waals surface area contributed by atoms with E-state index in [-0.39, 0.29) is 24.2 Å². The molecule has 3 aliphatic rings. The van der Waals surface area contributed by atoms with Crippen molar-refractivity contribution in [3.63, 3.8) is 0 Å². The Morgan fingerprint density at radius 3 is 2.63 bits per heavy atom. The average Bonchev–Trinajstić information content (AvgIpc) is 2.84. The molecular formula is C19H27FN4O3. The first kappa shape index (κ1) is 18.3. The Hall–Kier alpha value is -2.09. The van der Waals surface area contributed by atoms with E-state index in [1.807, 2.05) is 30.6 Å². The summed E-state index contributed by atoms with van der Waals surface area (Å²) in [6.45, 7) is 7.22. The van der Waals surface area contributed by atoms with Crippen molar-refractivity contribution in [2.45, 2.75) is 63.8 Å². The molecule has 3 atom stereocenters. The molecule has 2 saturated heterocycles. The molecule has 3 aliphatic heterocycles. The second-order valence-corrected chi connectivity index (χ2v) is 8.70. The van der Waals surface area contributed by atoms with Crippen molar-refractivity contribution in [1.29, 1.82) is 0 Å². The zero-order valence-electron chi connectivity index (χ0n) is 16.1. The van der Waals surface area contributed by atoms with Gasteiger partial charge in [-0.1, -0.05) is 0 Å². The molecule has 148 valence electrons. The Labute approximate surface area is 158 Å². The highest BCUT2D eigenvalue weighted by Gasteiger charge is 2.44. The van der Waals surface area contributed by atoms with Crippen LogP contribution in [0.1, 0.15) is 39.2 Å². The first-order valence-electron chi connectivity index (χ1n) is 9.55. The quantitative estimate of drug-likeness (QED) is 0.754. The minimum Gasteiger partial charge on any atom is -0.491 e. The van der Waals surface area contributed by atoms with Crippen LogP contribution in [0.5, 0.6) is 5.75 Å². The van der Waals surface area contributed by atoms with Crippen molar-refractivity contribution >= 4 is 11.9 Å². The number of ether oxygens (including phenoxy) is 2. The van der Waals surface area contributed by atoms with Gasteiger partial charge >= 0.3 is 6.09 Å². The summed E-state index contributed by atoms with van der Waals surface area (Å²) in [5, 5.41) is 0. The fourth-order valence-electron chi connectivity index (χ4n) is 4.20. The standard InChI is InChI=1S/C19H27FN4O3/c1-19(2,3)27-18(25)24-12-4-5-13(24)9-23(8-12)16-7-15-14(17(20)22-16)6-11(21)10-26-15/h7,11-13H,4-6,8-10,21H2,1-3H3. The van der Waals surface area contributed by atoms with Gasteiger partial charge in [0.1, 0.15) is 23.8 Å². The van der Waals surface area contributed by atoms with Gasteiger partial charge in [-0.25, -0.2) is 9.78 Å². The van der Waals surface area contributed by atoms with Crippen LogP contribution >= 0.6 is 0 Å². The maximum absolute atomic E-state index is 14.5. The molecule has 0 spiro atoms. The highest BCUT2D eigenvalue weighted by atomic mass is 19.1. The van der Waals surface area contributed by atoms with Crippen molar-refractivity contribution in [2.24, 2.45) is 5.73 Å². The lowest BCUT2D eigenvalue weighted by Gasteiger charge is -2.42. The van der Waals surface area contributed by atoms with E-state index in [0.29, 0.717) is 43.2 Å². The number of anilines is 1. The largest absolute Gasteiger partial charge is 0.491 e. The summed E-state index contributed by atoms with van der Waals surface area (Å²) in [5.41, 5.74) is 5.78. The number of carbonyl (C=O) groups excluding carboxylic acids is 1. The lowest BCUT2D eigenvalue weighted by Crippen LogP contribution is -2.57. The molecular weight excluding hydrogens is 351 g/mol. The van der Waals surface area contributed by atoms with E-state index in [2.05, 4.69) is 4.98 Å². The second-order valence-electron chi connectivity index (χ2n) is 8.70. The van der Waals surface area contributed by atoms with Crippen LogP contribution in [0, 0.1) is 5.95 Å². The minimum atomic E-state index is -0.519. The van der Waals surface area contributed by atoms with Crippen LogP contribution in [0.15, 0.2) is 6.07 Å². The molecule has 2 fully saturated rings. The number of piperazine rings is 1. The van der Waals surface area contributed by atoms with Gasteiger partial charge in [-0.2, -0.15) is 4.39 Å². The summed E-state index contributed by atoms with van der Waals surface area (Å²) in [5.74, 6) is 0.572. The molecule has 27 heavy (non-hydrogen) atoms. The number of hydrogen-bond donors (Lipinski definition) is 1. The average molecular weight is 378 g/mol. The molecule has 0 saturated carbocycles. The topological polar surface area (TPSA) is 80.9 Å². The summed E-state index contributed by atoms with van der Waals surface area (Å²) in [6.07, 6.45) is 2.00. The van der Waals surface area contributed by atoms with Gasteiger partial charge in [0.05, 0.1) is 17.6 Å². The molecule has 1 amide bonds. The van der Waals surface area contributed by atoms with E-state index >= 15 is 0 Å². The molecule has 1 aromatic rings. The number of amides is 1. The number of halogens is 1. The third-order valence-electron chi connectivity index (χ3n) is 5.35. The summed E-state index contributed by atoms with van der Waals surface area (Å²) in [7, 11) is 0. The lowest BCUT2D eigenvalue weighted by molar-refractivity contribution is 0.0122. The zero-order chi connectivity index (χ0) is 19.3. The Bertz CT molecular complexity index is 737. The molecule has 1 aromatic heterocycles. The Morgan fingerprint density at radius 2 is 2.00 bits per heavy atom. The maximum atomic E-state index is 14.5. The van der Waals surface area contributed by atoms with E-state index in [9.17, 15) is 9.18 Å². The van der Waals surface area contributed by atoms with Crippen molar-refractivity contribution in [3.8, 4) is 5.75 Å². The van der Waals surface area contributed by atoms with E-state index in [1.165, 1.54) is 0 Å². The minimum absolute atomic E-state index is 0.0498. The molecule has 8 heteroatoms. The Balaban J connectivity index is 1.52. The van der Waals surface area contributed by atoms with Gasteiger partial charge in [0.25, 0.3) is 0 Å². The summed E-state index contributed by atoms with van der Waals surface area (Å²) in [6, 6.07) is 1.70. The van der Waals surface area contributed by atoms with Gasteiger partial charge in [0, 0.05) is 25.2 Å². The van der Waals surface area contributed by atoms with Crippen LogP contribution < -0.4 is 15.4 Å². The van der Waals surface area contributed by atoms with Crippen LogP contribution in [-0.2, 0) is 11.2 Å². The highest BCUT2D eigenvalue weighted by Crippen LogP contribution is 2.36. The van der Waals surface area contributed by atoms with Crippen LogP contribution in [-0.4, -0.2) is 59.4 Å². The van der Waals surface area contributed by atoms with Gasteiger partial charge in [-0.3, -0.25) is 4.90 Å². The number of hydrogen-bond acceptors (Lipinski definition) is 6. The van der Waals surface area contributed by atoms with Crippen molar-refractivity contribution in [3.05, 3.63) is 17.6 Å². The number of fused-ring (bicyclic) bond motifs is 3. The Kier molecular flexibility index (Phi) is 4.41. The number of carbonyl (C=O) groups is 1.